The van der Waals surface area contributed by atoms with E-state index in [1.807, 2.05) is 29.0 Å². The van der Waals surface area contributed by atoms with Crippen molar-refractivity contribution in [3.05, 3.63) is 59.5 Å². The molecule has 3 rings (SSSR count). The number of aryl methyl sites for hydroxylation is 1. The van der Waals surface area contributed by atoms with E-state index in [2.05, 4.69) is 15.4 Å². The van der Waals surface area contributed by atoms with Crippen molar-refractivity contribution in [1.82, 2.24) is 24.6 Å². The van der Waals surface area contributed by atoms with E-state index >= 15 is 0 Å². The van der Waals surface area contributed by atoms with Gasteiger partial charge in [0.15, 0.2) is 0 Å². The van der Waals surface area contributed by atoms with Crippen LogP contribution in [-0.2, 0) is 17.9 Å². The van der Waals surface area contributed by atoms with Crippen molar-refractivity contribution in [2.45, 2.75) is 25.9 Å². The van der Waals surface area contributed by atoms with Crippen molar-refractivity contribution in [2.24, 2.45) is 0 Å². The third kappa shape index (κ3) is 3.87. The molecule has 0 bridgehead atoms. The summed E-state index contributed by atoms with van der Waals surface area (Å²) in [5, 5.41) is 8.42. The molecule has 124 valence electrons. The standard InChI is InChI=1S/C17H19N5O2/c23-16(6-3-9-21-10-7-18-13-21)19-8-11-22-17(24)15-5-2-1-4-14(15)12-20-22/h1-2,4-5,7,10,12-13H,3,6,8-9,11H2,(H,19,23). The molecule has 0 aliphatic rings. The van der Waals surface area contributed by atoms with Gasteiger partial charge in [0.05, 0.1) is 24.5 Å². The highest BCUT2D eigenvalue weighted by atomic mass is 16.1. The molecule has 1 N–H and O–H groups in total. The average Bonchev–Trinajstić information content (AvgIpc) is 3.11. The number of nitrogens with one attached hydrogen (secondary N) is 1. The van der Waals surface area contributed by atoms with E-state index in [1.54, 1.807) is 24.8 Å². The van der Waals surface area contributed by atoms with Crippen LogP contribution in [0.2, 0.25) is 0 Å². The minimum Gasteiger partial charge on any atom is -0.354 e. The highest BCUT2D eigenvalue weighted by Crippen LogP contribution is 2.06. The van der Waals surface area contributed by atoms with Crippen LogP contribution >= 0.6 is 0 Å². The van der Waals surface area contributed by atoms with Crippen LogP contribution in [-0.4, -0.2) is 31.8 Å². The second-order valence-electron chi connectivity index (χ2n) is 5.51. The Balaban J connectivity index is 1.47. The lowest BCUT2D eigenvalue weighted by molar-refractivity contribution is -0.121. The summed E-state index contributed by atoms with van der Waals surface area (Å²) in [5.74, 6) is -0.0241. The fourth-order valence-electron chi connectivity index (χ4n) is 2.52. The zero-order valence-corrected chi connectivity index (χ0v) is 13.3. The van der Waals surface area contributed by atoms with Crippen LogP contribution < -0.4 is 10.9 Å². The first-order chi connectivity index (χ1) is 11.7. The molecule has 0 saturated carbocycles. The summed E-state index contributed by atoms with van der Waals surface area (Å²) in [6.45, 7) is 1.51. The number of fused-ring (bicyclic) bond motifs is 1. The molecule has 0 aliphatic heterocycles. The largest absolute Gasteiger partial charge is 0.354 e. The summed E-state index contributed by atoms with van der Waals surface area (Å²) in [5.41, 5.74) is -0.137. The zero-order chi connectivity index (χ0) is 16.8. The van der Waals surface area contributed by atoms with Gasteiger partial charge in [0, 0.05) is 37.3 Å². The molecule has 0 unspecified atom stereocenters. The Hall–Kier alpha value is -2.96. The fraction of sp³-hybridized carbons (Fsp3) is 0.294. The SMILES string of the molecule is O=C(CCCn1ccnc1)NCCn1ncc2ccccc2c1=O. The summed E-state index contributed by atoms with van der Waals surface area (Å²) in [4.78, 5) is 28.1. The van der Waals surface area contributed by atoms with E-state index in [0.29, 0.717) is 24.9 Å². The Kier molecular flexibility index (Phi) is 5.00. The van der Waals surface area contributed by atoms with Gasteiger partial charge in [-0.3, -0.25) is 9.59 Å². The molecule has 2 heterocycles. The molecular formula is C17H19N5O2. The molecule has 7 nitrogen and oxygen atoms in total. The van der Waals surface area contributed by atoms with Crippen LogP contribution in [0.25, 0.3) is 10.8 Å². The predicted octanol–water partition coefficient (Wildman–Crippen LogP) is 1.19. The highest BCUT2D eigenvalue weighted by molar-refractivity contribution is 5.80. The number of rotatable bonds is 7. The van der Waals surface area contributed by atoms with E-state index in [0.717, 1.165) is 18.4 Å². The second kappa shape index (κ2) is 7.54. The van der Waals surface area contributed by atoms with Crippen molar-refractivity contribution < 1.29 is 4.79 Å². The van der Waals surface area contributed by atoms with Gasteiger partial charge in [-0.1, -0.05) is 18.2 Å². The number of amides is 1. The Morgan fingerprint density at radius 1 is 1.21 bits per heavy atom. The molecule has 24 heavy (non-hydrogen) atoms. The first-order valence-electron chi connectivity index (χ1n) is 7.91. The average molecular weight is 325 g/mol. The summed E-state index contributed by atoms with van der Waals surface area (Å²) in [7, 11) is 0. The molecule has 2 aromatic heterocycles. The molecule has 0 atom stereocenters. The monoisotopic (exact) mass is 325 g/mol. The maximum Gasteiger partial charge on any atom is 0.274 e. The molecule has 1 amide bonds. The third-order valence-electron chi connectivity index (χ3n) is 3.79. The van der Waals surface area contributed by atoms with E-state index in [1.165, 1.54) is 4.68 Å². The van der Waals surface area contributed by atoms with Gasteiger partial charge in [-0.2, -0.15) is 5.10 Å². The van der Waals surface area contributed by atoms with Gasteiger partial charge < -0.3 is 9.88 Å². The van der Waals surface area contributed by atoms with Crippen LogP contribution in [0, 0.1) is 0 Å². The van der Waals surface area contributed by atoms with Crippen LogP contribution in [0.15, 0.2) is 54.0 Å². The second-order valence-corrected chi connectivity index (χ2v) is 5.51. The Bertz CT molecular complexity index is 870. The summed E-state index contributed by atoms with van der Waals surface area (Å²) in [6.07, 6.45) is 8.18. The van der Waals surface area contributed by atoms with Gasteiger partial charge in [-0.05, 0) is 12.5 Å². The van der Waals surface area contributed by atoms with E-state index < -0.39 is 0 Å². The normalized spacial score (nSPS) is 10.8. The Morgan fingerprint density at radius 2 is 2.08 bits per heavy atom. The van der Waals surface area contributed by atoms with Gasteiger partial charge in [0.2, 0.25) is 5.91 Å². The minimum absolute atomic E-state index is 0.0241. The van der Waals surface area contributed by atoms with Crippen molar-refractivity contribution in [1.29, 1.82) is 0 Å². The van der Waals surface area contributed by atoms with Gasteiger partial charge in [0.1, 0.15) is 0 Å². The molecule has 0 radical (unpaired) electrons. The number of imidazole rings is 1. The number of benzene rings is 1. The molecule has 0 fully saturated rings. The van der Waals surface area contributed by atoms with E-state index in [-0.39, 0.29) is 11.5 Å². The molecule has 3 aromatic rings. The summed E-state index contributed by atoms with van der Waals surface area (Å²) < 4.78 is 3.32. The molecule has 0 aliphatic carbocycles. The smallest absolute Gasteiger partial charge is 0.274 e. The fourth-order valence-corrected chi connectivity index (χ4v) is 2.52. The predicted molar refractivity (Wildman–Crippen MR) is 90.5 cm³/mol. The number of hydrogen-bond acceptors (Lipinski definition) is 4. The number of nitrogens with zero attached hydrogens (tertiary/aromatic N) is 4. The number of carbonyl (C=O) groups is 1. The Morgan fingerprint density at radius 3 is 2.92 bits per heavy atom. The zero-order valence-electron chi connectivity index (χ0n) is 13.3. The van der Waals surface area contributed by atoms with Gasteiger partial charge in [0.25, 0.3) is 5.56 Å². The molecule has 7 heteroatoms. The maximum atomic E-state index is 12.3. The summed E-state index contributed by atoms with van der Waals surface area (Å²) in [6, 6.07) is 7.34. The van der Waals surface area contributed by atoms with Crippen molar-refractivity contribution in [3.63, 3.8) is 0 Å². The van der Waals surface area contributed by atoms with Crippen LogP contribution in [0.1, 0.15) is 12.8 Å². The highest BCUT2D eigenvalue weighted by Gasteiger charge is 2.05. The quantitative estimate of drug-likeness (QED) is 0.707. The van der Waals surface area contributed by atoms with E-state index in [4.69, 9.17) is 0 Å². The third-order valence-corrected chi connectivity index (χ3v) is 3.79. The minimum atomic E-state index is -0.137. The topological polar surface area (TPSA) is 81.8 Å². The van der Waals surface area contributed by atoms with Gasteiger partial charge in [-0.15, -0.1) is 0 Å². The first-order valence-corrected chi connectivity index (χ1v) is 7.91. The Labute approximate surface area is 138 Å². The van der Waals surface area contributed by atoms with Gasteiger partial charge >= 0.3 is 0 Å². The lowest BCUT2D eigenvalue weighted by Crippen LogP contribution is -2.32. The number of aromatic nitrogens is 4. The summed E-state index contributed by atoms with van der Waals surface area (Å²) >= 11 is 0. The lowest BCUT2D eigenvalue weighted by Gasteiger charge is -2.08. The van der Waals surface area contributed by atoms with Crippen molar-refractivity contribution in [2.75, 3.05) is 6.54 Å². The molecule has 1 aromatic carbocycles. The van der Waals surface area contributed by atoms with Crippen LogP contribution in [0.3, 0.4) is 0 Å². The number of carbonyl (C=O) groups excluding carboxylic acids is 1. The van der Waals surface area contributed by atoms with Crippen LogP contribution in [0.4, 0.5) is 0 Å². The van der Waals surface area contributed by atoms with Gasteiger partial charge in [-0.25, -0.2) is 9.67 Å². The molecular weight excluding hydrogens is 306 g/mol. The van der Waals surface area contributed by atoms with E-state index in [9.17, 15) is 9.59 Å². The van der Waals surface area contributed by atoms with Crippen molar-refractivity contribution in [3.8, 4) is 0 Å². The lowest BCUT2D eigenvalue weighted by atomic mass is 10.2. The molecule has 0 spiro atoms. The maximum absolute atomic E-state index is 12.3. The number of hydrogen-bond donors (Lipinski definition) is 1. The van der Waals surface area contributed by atoms with Crippen molar-refractivity contribution >= 4 is 16.7 Å². The molecule has 0 saturated heterocycles. The van der Waals surface area contributed by atoms with Crippen LogP contribution in [0.5, 0.6) is 0 Å². The first kappa shape index (κ1) is 15.9.